The Balaban J connectivity index is 2.24. The first-order valence-corrected chi connectivity index (χ1v) is 7.37. The van der Waals surface area contributed by atoms with Crippen LogP contribution < -0.4 is 10.2 Å². The number of halogens is 1. The molecule has 1 aromatic carbocycles. The molecule has 21 heavy (non-hydrogen) atoms. The van der Waals surface area contributed by atoms with E-state index >= 15 is 0 Å². The normalized spacial score (nSPS) is 12.4. The average Bonchev–Trinajstić information content (AvgIpc) is 2.97. The van der Waals surface area contributed by atoms with Gasteiger partial charge in [0.2, 0.25) is 0 Å². The van der Waals surface area contributed by atoms with Crippen molar-refractivity contribution in [3.8, 4) is 0 Å². The van der Waals surface area contributed by atoms with E-state index in [1.54, 1.807) is 18.6 Å². The van der Waals surface area contributed by atoms with E-state index in [0.29, 0.717) is 12.2 Å². The van der Waals surface area contributed by atoms with Crippen LogP contribution >= 0.6 is 0 Å². The van der Waals surface area contributed by atoms with Crippen molar-refractivity contribution >= 4 is 5.69 Å². The van der Waals surface area contributed by atoms with Crippen LogP contribution in [0.2, 0.25) is 0 Å². The lowest BCUT2D eigenvalue weighted by Gasteiger charge is -2.25. The molecule has 114 valence electrons. The molecule has 0 aliphatic rings. The maximum absolute atomic E-state index is 14.3. The number of nitrogens with one attached hydrogen (secondary N) is 1. The van der Waals surface area contributed by atoms with Crippen LogP contribution in [-0.2, 0) is 6.54 Å². The molecule has 0 aliphatic heterocycles. The number of hydrogen-bond acceptors (Lipinski definition) is 3. The number of para-hydroxylation sites is 1. The topological polar surface area (TPSA) is 28.4 Å². The van der Waals surface area contributed by atoms with E-state index in [-0.39, 0.29) is 11.9 Å². The second kappa shape index (κ2) is 7.27. The van der Waals surface area contributed by atoms with E-state index < -0.39 is 0 Å². The zero-order chi connectivity index (χ0) is 15.2. The summed E-state index contributed by atoms with van der Waals surface area (Å²) < 4.78 is 19.4. The van der Waals surface area contributed by atoms with Gasteiger partial charge in [-0.05, 0) is 37.6 Å². The highest BCUT2D eigenvalue weighted by Gasteiger charge is 2.17. The molecule has 0 radical (unpaired) electrons. The van der Waals surface area contributed by atoms with Crippen molar-refractivity contribution in [2.45, 2.75) is 32.9 Å². The molecule has 0 amide bonds. The Bertz CT molecular complexity index is 554. The lowest BCUT2D eigenvalue weighted by atomic mass is 10.0. The van der Waals surface area contributed by atoms with E-state index in [1.807, 2.05) is 24.1 Å². The highest BCUT2D eigenvalue weighted by atomic mass is 19.1. The summed E-state index contributed by atoms with van der Waals surface area (Å²) in [7, 11) is 1.90. The molecule has 0 fully saturated rings. The lowest BCUT2D eigenvalue weighted by molar-refractivity contribution is 0.557. The summed E-state index contributed by atoms with van der Waals surface area (Å²) in [5.74, 6) is -0.191. The first-order chi connectivity index (χ1) is 10.1. The van der Waals surface area contributed by atoms with Crippen LogP contribution in [0.4, 0.5) is 10.1 Å². The van der Waals surface area contributed by atoms with Gasteiger partial charge in [-0.3, -0.25) is 0 Å². The van der Waals surface area contributed by atoms with Crippen molar-refractivity contribution in [3.63, 3.8) is 0 Å². The second-order valence-corrected chi connectivity index (χ2v) is 5.34. The number of nitrogens with zero attached hydrogens (tertiary/aromatic N) is 1. The summed E-state index contributed by atoms with van der Waals surface area (Å²) in [6.07, 6.45) is 4.38. The molecule has 0 saturated heterocycles. The highest BCUT2D eigenvalue weighted by molar-refractivity contribution is 5.55. The largest absolute Gasteiger partial charge is 0.472 e. The third kappa shape index (κ3) is 3.85. The molecule has 1 unspecified atom stereocenters. The van der Waals surface area contributed by atoms with Crippen LogP contribution in [0.15, 0.2) is 41.2 Å². The first kappa shape index (κ1) is 15.6. The van der Waals surface area contributed by atoms with E-state index in [9.17, 15) is 4.39 Å². The molecule has 2 rings (SSSR count). The van der Waals surface area contributed by atoms with Crippen LogP contribution in [0, 0.1) is 5.82 Å². The fraction of sp³-hybridized carbons (Fsp3) is 0.412. The maximum Gasteiger partial charge on any atom is 0.146 e. The van der Waals surface area contributed by atoms with Gasteiger partial charge in [0.05, 0.1) is 18.2 Å². The molecular weight excluding hydrogens is 267 g/mol. The van der Waals surface area contributed by atoms with Crippen LogP contribution in [0.1, 0.15) is 37.4 Å². The van der Waals surface area contributed by atoms with Crippen LogP contribution in [-0.4, -0.2) is 13.6 Å². The van der Waals surface area contributed by atoms with Crippen molar-refractivity contribution in [2.24, 2.45) is 0 Å². The Hall–Kier alpha value is -1.81. The summed E-state index contributed by atoms with van der Waals surface area (Å²) >= 11 is 0. The highest BCUT2D eigenvalue weighted by Crippen LogP contribution is 2.29. The predicted molar refractivity (Wildman–Crippen MR) is 83.9 cm³/mol. The molecule has 0 spiro atoms. The van der Waals surface area contributed by atoms with Gasteiger partial charge in [-0.2, -0.15) is 0 Å². The number of anilines is 1. The smallest absolute Gasteiger partial charge is 0.146 e. The summed E-state index contributed by atoms with van der Waals surface area (Å²) in [5.41, 5.74) is 2.66. The Morgan fingerprint density at radius 2 is 2.14 bits per heavy atom. The first-order valence-electron chi connectivity index (χ1n) is 7.37. The number of hydrogen-bond donors (Lipinski definition) is 1. The number of benzene rings is 1. The molecule has 3 nitrogen and oxygen atoms in total. The van der Waals surface area contributed by atoms with Gasteiger partial charge in [-0.25, -0.2) is 4.39 Å². The minimum Gasteiger partial charge on any atom is -0.472 e. The van der Waals surface area contributed by atoms with Crippen molar-refractivity contribution in [3.05, 3.63) is 53.7 Å². The quantitative estimate of drug-likeness (QED) is 0.831. The number of furan rings is 1. The second-order valence-electron chi connectivity index (χ2n) is 5.34. The molecule has 1 N–H and O–H groups in total. The monoisotopic (exact) mass is 290 g/mol. The third-order valence-corrected chi connectivity index (χ3v) is 3.57. The zero-order valence-electron chi connectivity index (χ0n) is 12.9. The van der Waals surface area contributed by atoms with Crippen molar-refractivity contribution in [2.75, 3.05) is 18.5 Å². The molecule has 0 bridgehead atoms. The molecule has 0 saturated carbocycles. The van der Waals surface area contributed by atoms with Crippen LogP contribution in [0.3, 0.4) is 0 Å². The Labute approximate surface area is 125 Å². The molecule has 1 aromatic heterocycles. The molecule has 0 aliphatic carbocycles. The standard InChI is InChI=1S/C17H23FN2O/c1-4-9-19-13(2)15-6-5-7-16(18)17(15)20(3)11-14-8-10-21-12-14/h5-8,10,12-13,19H,4,9,11H2,1-3H3. The summed E-state index contributed by atoms with van der Waals surface area (Å²) in [5, 5.41) is 3.42. The minimum atomic E-state index is -0.191. The van der Waals surface area contributed by atoms with Gasteiger partial charge in [-0.1, -0.05) is 19.1 Å². The SMILES string of the molecule is CCCNC(C)c1cccc(F)c1N(C)Cc1ccoc1. The van der Waals surface area contributed by atoms with Gasteiger partial charge in [0, 0.05) is 25.2 Å². The van der Waals surface area contributed by atoms with Crippen molar-refractivity contribution in [1.82, 2.24) is 5.32 Å². The number of rotatable bonds is 7. The van der Waals surface area contributed by atoms with Gasteiger partial charge < -0.3 is 14.6 Å². The van der Waals surface area contributed by atoms with Crippen molar-refractivity contribution in [1.29, 1.82) is 0 Å². The predicted octanol–water partition coefficient (Wildman–Crippen LogP) is 4.12. The molecular formula is C17H23FN2O. The molecule has 2 aromatic rings. The van der Waals surface area contributed by atoms with Gasteiger partial charge in [0.1, 0.15) is 5.82 Å². The Morgan fingerprint density at radius 1 is 1.33 bits per heavy atom. The Kier molecular flexibility index (Phi) is 5.39. The fourth-order valence-corrected chi connectivity index (χ4v) is 2.49. The Morgan fingerprint density at radius 3 is 2.81 bits per heavy atom. The van der Waals surface area contributed by atoms with Gasteiger partial charge in [0.25, 0.3) is 0 Å². The lowest BCUT2D eigenvalue weighted by Crippen LogP contribution is -2.24. The average molecular weight is 290 g/mol. The van der Waals surface area contributed by atoms with Gasteiger partial charge in [-0.15, -0.1) is 0 Å². The van der Waals surface area contributed by atoms with E-state index in [2.05, 4.69) is 19.2 Å². The van der Waals surface area contributed by atoms with Crippen molar-refractivity contribution < 1.29 is 8.81 Å². The maximum atomic E-state index is 14.3. The van der Waals surface area contributed by atoms with Crippen LogP contribution in [0.25, 0.3) is 0 Å². The van der Waals surface area contributed by atoms with E-state index in [4.69, 9.17) is 4.42 Å². The van der Waals surface area contributed by atoms with Crippen LogP contribution in [0.5, 0.6) is 0 Å². The third-order valence-electron chi connectivity index (χ3n) is 3.57. The molecule has 1 heterocycles. The fourth-order valence-electron chi connectivity index (χ4n) is 2.49. The van der Waals surface area contributed by atoms with Gasteiger partial charge in [0.15, 0.2) is 0 Å². The molecule has 1 atom stereocenters. The minimum absolute atomic E-state index is 0.113. The zero-order valence-corrected chi connectivity index (χ0v) is 12.9. The van der Waals surface area contributed by atoms with E-state index in [0.717, 1.165) is 24.1 Å². The summed E-state index contributed by atoms with van der Waals surface area (Å²) in [6.45, 7) is 5.73. The molecule has 4 heteroatoms. The van der Waals surface area contributed by atoms with E-state index in [1.165, 1.54) is 6.07 Å². The summed E-state index contributed by atoms with van der Waals surface area (Å²) in [6, 6.07) is 7.27. The summed E-state index contributed by atoms with van der Waals surface area (Å²) in [4.78, 5) is 1.93. The van der Waals surface area contributed by atoms with Gasteiger partial charge >= 0.3 is 0 Å².